The topological polar surface area (TPSA) is 104 Å². The molecule has 0 atom stereocenters. The van der Waals surface area contributed by atoms with Crippen molar-refractivity contribution in [2.75, 3.05) is 0 Å². The first kappa shape index (κ1) is 14.0. The van der Waals surface area contributed by atoms with Crippen molar-refractivity contribution in [1.82, 2.24) is 20.2 Å². The largest absolute Gasteiger partial charge is 0.475 e. The Labute approximate surface area is 135 Å². The summed E-state index contributed by atoms with van der Waals surface area (Å²) in [6, 6.07) is 14.6. The highest BCUT2D eigenvalue weighted by Crippen LogP contribution is 2.27. The highest BCUT2D eigenvalue weighted by Gasteiger charge is 2.10. The Hall–Kier alpha value is -3.61. The van der Waals surface area contributed by atoms with Crippen LogP contribution in [0.2, 0.25) is 0 Å². The minimum absolute atomic E-state index is 0.0921. The van der Waals surface area contributed by atoms with E-state index in [4.69, 9.17) is 9.84 Å². The van der Waals surface area contributed by atoms with Gasteiger partial charge in [-0.05, 0) is 42.5 Å². The smallest absolute Gasteiger partial charge is 0.371 e. The van der Waals surface area contributed by atoms with Crippen LogP contribution in [-0.2, 0) is 0 Å². The molecule has 0 unspecified atom stereocenters. The zero-order chi connectivity index (χ0) is 16.5. The first-order valence-electron chi connectivity index (χ1n) is 7.20. The number of carboxylic acid groups (broad SMARTS) is 1. The number of fused-ring (bicyclic) bond motifs is 1. The second kappa shape index (κ2) is 5.54. The molecule has 4 rings (SSSR count). The van der Waals surface area contributed by atoms with Crippen LogP contribution in [0.15, 0.2) is 54.7 Å². The molecule has 0 spiro atoms. The van der Waals surface area contributed by atoms with E-state index in [0.717, 1.165) is 11.3 Å². The number of rotatable bonds is 4. The van der Waals surface area contributed by atoms with Gasteiger partial charge in [-0.15, -0.1) is 0 Å². The molecule has 0 aliphatic carbocycles. The predicted molar refractivity (Wildman–Crippen MR) is 87.2 cm³/mol. The van der Waals surface area contributed by atoms with Gasteiger partial charge < -0.3 is 14.8 Å². The van der Waals surface area contributed by atoms with Gasteiger partial charge in [-0.25, -0.2) is 9.78 Å². The average molecular weight is 320 g/mol. The average Bonchev–Trinajstić information content (AvgIpc) is 3.25. The van der Waals surface area contributed by atoms with Crippen molar-refractivity contribution >= 4 is 17.0 Å². The zero-order valence-corrected chi connectivity index (χ0v) is 12.4. The van der Waals surface area contributed by atoms with E-state index < -0.39 is 5.97 Å². The summed E-state index contributed by atoms with van der Waals surface area (Å²) in [5.74, 6) is 0.0641. The number of imidazole rings is 1. The van der Waals surface area contributed by atoms with Gasteiger partial charge in [0.05, 0.1) is 16.7 Å². The highest BCUT2D eigenvalue weighted by molar-refractivity contribution is 5.89. The number of aromatic nitrogens is 4. The molecule has 0 amide bonds. The Bertz CT molecular complexity index is 1000. The van der Waals surface area contributed by atoms with Crippen LogP contribution in [0.3, 0.4) is 0 Å². The summed E-state index contributed by atoms with van der Waals surface area (Å²) in [5.41, 5.74) is 3.03. The van der Waals surface area contributed by atoms with Gasteiger partial charge in [0.25, 0.3) is 0 Å². The molecule has 118 valence electrons. The van der Waals surface area contributed by atoms with E-state index in [0.29, 0.717) is 22.5 Å². The summed E-state index contributed by atoms with van der Waals surface area (Å²) < 4.78 is 5.80. The molecular weight excluding hydrogens is 308 g/mol. The third-order valence-electron chi connectivity index (χ3n) is 3.54. The van der Waals surface area contributed by atoms with E-state index in [9.17, 15) is 4.79 Å². The molecule has 2 aromatic heterocycles. The normalized spacial score (nSPS) is 10.8. The number of aromatic amines is 2. The van der Waals surface area contributed by atoms with E-state index in [2.05, 4.69) is 20.2 Å². The lowest BCUT2D eigenvalue weighted by molar-refractivity contribution is 0.0685. The molecule has 0 saturated heterocycles. The van der Waals surface area contributed by atoms with Gasteiger partial charge in [0.15, 0.2) is 0 Å². The molecule has 0 aliphatic rings. The van der Waals surface area contributed by atoms with Crippen LogP contribution >= 0.6 is 0 Å². The number of carbonyl (C=O) groups is 1. The number of carboxylic acids is 1. The van der Waals surface area contributed by atoms with Gasteiger partial charge in [0, 0.05) is 17.8 Å². The molecule has 7 nitrogen and oxygen atoms in total. The van der Waals surface area contributed by atoms with E-state index >= 15 is 0 Å². The van der Waals surface area contributed by atoms with Gasteiger partial charge in [-0.2, -0.15) is 5.10 Å². The van der Waals surface area contributed by atoms with Crippen molar-refractivity contribution in [3.05, 3.63) is 60.6 Å². The molecule has 7 heteroatoms. The van der Waals surface area contributed by atoms with Crippen molar-refractivity contribution in [1.29, 1.82) is 0 Å². The Morgan fingerprint density at radius 2 is 1.83 bits per heavy atom. The van der Waals surface area contributed by atoms with Crippen LogP contribution in [0.4, 0.5) is 0 Å². The Morgan fingerprint density at radius 1 is 1.04 bits per heavy atom. The van der Waals surface area contributed by atoms with Gasteiger partial charge in [-0.3, -0.25) is 5.10 Å². The summed E-state index contributed by atoms with van der Waals surface area (Å²) in [4.78, 5) is 17.7. The lowest BCUT2D eigenvalue weighted by atomic mass is 10.1. The maximum atomic E-state index is 10.9. The molecule has 2 heterocycles. The summed E-state index contributed by atoms with van der Waals surface area (Å²) in [6.07, 6.45) is 1.77. The lowest BCUT2D eigenvalue weighted by Crippen LogP contribution is -1.97. The Balaban J connectivity index is 1.58. The first-order valence-corrected chi connectivity index (χ1v) is 7.20. The number of H-pyrrole nitrogens is 2. The molecule has 3 N–H and O–H groups in total. The fourth-order valence-electron chi connectivity index (χ4n) is 2.40. The standard InChI is InChI=1S/C17H12N4O3/c22-17(23)16-19-14-6-5-12(9-15(14)20-16)24-11-3-1-10(2-4-11)13-7-8-18-21-13/h1-9H,(H,18,21)(H,19,20)(H,22,23). The number of nitrogens with one attached hydrogen (secondary N) is 2. The van der Waals surface area contributed by atoms with Gasteiger partial charge in [0.2, 0.25) is 5.82 Å². The number of ether oxygens (including phenoxy) is 1. The van der Waals surface area contributed by atoms with Crippen LogP contribution < -0.4 is 4.74 Å². The maximum Gasteiger partial charge on any atom is 0.371 e. The van der Waals surface area contributed by atoms with Gasteiger partial charge in [0.1, 0.15) is 11.5 Å². The van der Waals surface area contributed by atoms with Crippen LogP contribution in [-0.4, -0.2) is 31.2 Å². The second-order valence-corrected chi connectivity index (χ2v) is 5.16. The summed E-state index contributed by atoms with van der Waals surface area (Å²) in [7, 11) is 0. The van der Waals surface area contributed by atoms with Crippen molar-refractivity contribution in [2.45, 2.75) is 0 Å². The van der Waals surface area contributed by atoms with E-state index in [-0.39, 0.29) is 5.82 Å². The number of hydrogen-bond acceptors (Lipinski definition) is 4. The fraction of sp³-hybridized carbons (Fsp3) is 0. The Morgan fingerprint density at radius 3 is 2.54 bits per heavy atom. The Kier molecular flexibility index (Phi) is 3.24. The van der Waals surface area contributed by atoms with Gasteiger partial charge in [-0.1, -0.05) is 0 Å². The molecule has 0 fully saturated rings. The quantitative estimate of drug-likeness (QED) is 0.534. The van der Waals surface area contributed by atoms with Gasteiger partial charge >= 0.3 is 5.97 Å². The summed E-state index contributed by atoms with van der Waals surface area (Å²) in [5, 5.41) is 15.9. The van der Waals surface area contributed by atoms with E-state index in [1.165, 1.54) is 0 Å². The molecule has 0 saturated carbocycles. The lowest BCUT2D eigenvalue weighted by Gasteiger charge is -2.06. The molecule has 4 aromatic rings. The summed E-state index contributed by atoms with van der Waals surface area (Å²) in [6.45, 7) is 0. The number of nitrogens with zero attached hydrogens (tertiary/aromatic N) is 2. The molecule has 24 heavy (non-hydrogen) atoms. The minimum Gasteiger partial charge on any atom is -0.475 e. The molecule has 0 aliphatic heterocycles. The summed E-state index contributed by atoms with van der Waals surface area (Å²) >= 11 is 0. The third-order valence-corrected chi connectivity index (χ3v) is 3.54. The first-order chi connectivity index (χ1) is 11.7. The minimum atomic E-state index is -1.09. The SMILES string of the molecule is O=C(O)c1nc2cc(Oc3ccc(-c4cc[nH]n4)cc3)ccc2[nH]1. The number of benzene rings is 2. The predicted octanol–water partition coefficient (Wildman–Crippen LogP) is 3.44. The van der Waals surface area contributed by atoms with Crippen molar-refractivity contribution < 1.29 is 14.6 Å². The fourth-order valence-corrected chi connectivity index (χ4v) is 2.40. The highest BCUT2D eigenvalue weighted by atomic mass is 16.5. The molecule has 2 aromatic carbocycles. The van der Waals surface area contributed by atoms with Crippen LogP contribution in [0, 0.1) is 0 Å². The second-order valence-electron chi connectivity index (χ2n) is 5.16. The van der Waals surface area contributed by atoms with E-state index in [1.807, 2.05) is 30.3 Å². The number of aromatic carboxylic acids is 1. The molecule has 0 radical (unpaired) electrons. The van der Waals surface area contributed by atoms with Crippen LogP contribution in [0.5, 0.6) is 11.5 Å². The van der Waals surface area contributed by atoms with Crippen molar-refractivity contribution in [3.63, 3.8) is 0 Å². The van der Waals surface area contributed by atoms with Crippen molar-refractivity contribution in [2.24, 2.45) is 0 Å². The third kappa shape index (κ3) is 2.58. The van der Waals surface area contributed by atoms with Crippen LogP contribution in [0.25, 0.3) is 22.3 Å². The monoisotopic (exact) mass is 320 g/mol. The van der Waals surface area contributed by atoms with Crippen molar-refractivity contribution in [3.8, 4) is 22.8 Å². The molecule has 0 bridgehead atoms. The maximum absolute atomic E-state index is 10.9. The van der Waals surface area contributed by atoms with E-state index in [1.54, 1.807) is 24.4 Å². The zero-order valence-electron chi connectivity index (χ0n) is 12.4. The van der Waals surface area contributed by atoms with Crippen LogP contribution in [0.1, 0.15) is 10.6 Å². The molecular formula is C17H12N4O3. The number of hydrogen-bond donors (Lipinski definition) is 3.